The van der Waals surface area contributed by atoms with Crippen LogP contribution in [0.25, 0.3) is 0 Å². The van der Waals surface area contributed by atoms with Gasteiger partial charge in [-0.1, -0.05) is 0 Å². The van der Waals surface area contributed by atoms with E-state index in [0.29, 0.717) is 5.95 Å². The van der Waals surface area contributed by atoms with E-state index in [0.717, 1.165) is 37.4 Å². The number of anilines is 3. The summed E-state index contributed by atoms with van der Waals surface area (Å²) < 4.78 is 0. The van der Waals surface area contributed by atoms with Gasteiger partial charge in [-0.3, -0.25) is 9.89 Å². The number of carbonyl (C=O) groups excluding carboxylic acids is 1. The lowest BCUT2D eigenvalue weighted by molar-refractivity contribution is 0.184. The maximum atomic E-state index is 11.6. The van der Waals surface area contributed by atoms with E-state index in [-0.39, 0.29) is 17.9 Å². The number of nitrogens with zero attached hydrogens (tertiary/aromatic N) is 5. The molecule has 2 radical (unpaired) electrons. The van der Waals surface area contributed by atoms with Crippen molar-refractivity contribution in [1.29, 1.82) is 0 Å². The highest BCUT2D eigenvalue weighted by Crippen LogP contribution is 2.32. The molecule has 2 bridgehead atoms. The van der Waals surface area contributed by atoms with E-state index in [9.17, 15) is 4.79 Å². The zero-order chi connectivity index (χ0) is 15.8. The molecule has 4 heterocycles. The van der Waals surface area contributed by atoms with Crippen molar-refractivity contribution in [2.75, 3.05) is 23.3 Å². The third-order valence-electron chi connectivity index (χ3n) is 4.46. The van der Waals surface area contributed by atoms with Gasteiger partial charge in [0.2, 0.25) is 13.8 Å². The van der Waals surface area contributed by atoms with Crippen LogP contribution in [-0.4, -0.2) is 63.9 Å². The number of fused-ring (bicyclic) bond motifs is 2. The smallest absolute Gasteiger partial charge is 0.229 e. The molecule has 0 spiro atoms. The second-order valence-electron chi connectivity index (χ2n) is 5.89. The standard InChI is InChI=1S/C14H16BN7O/c15-13(23)22-10-1-2-11(22)8-21(7-10)12-3-4-16-14(20-12)19-9-5-17-18-6-9/h3-6,10-11H,1-2,7-8H2,(H,17,18)(H,16,19,20)/t10-,11?/m1/s1. The molecule has 0 saturated carbocycles. The van der Waals surface area contributed by atoms with E-state index in [1.165, 1.54) is 0 Å². The first kappa shape index (κ1) is 14.0. The van der Waals surface area contributed by atoms with E-state index < -0.39 is 0 Å². The lowest BCUT2D eigenvalue weighted by Gasteiger charge is -2.41. The molecule has 23 heavy (non-hydrogen) atoms. The van der Waals surface area contributed by atoms with Crippen molar-refractivity contribution >= 4 is 31.1 Å². The fourth-order valence-corrected chi connectivity index (χ4v) is 3.48. The van der Waals surface area contributed by atoms with Gasteiger partial charge in [0.15, 0.2) is 5.81 Å². The van der Waals surface area contributed by atoms with Crippen LogP contribution in [0.1, 0.15) is 12.8 Å². The summed E-state index contributed by atoms with van der Waals surface area (Å²) in [6.07, 6.45) is 7.13. The van der Waals surface area contributed by atoms with Crippen LogP contribution in [0.4, 0.5) is 22.2 Å². The molecule has 2 saturated heterocycles. The fraction of sp³-hybridized carbons (Fsp3) is 0.429. The minimum atomic E-state index is -0.317. The summed E-state index contributed by atoms with van der Waals surface area (Å²) in [7, 11) is 5.50. The molecule has 9 heteroatoms. The van der Waals surface area contributed by atoms with E-state index in [4.69, 9.17) is 7.85 Å². The van der Waals surface area contributed by atoms with Crippen molar-refractivity contribution < 1.29 is 4.79 Å². The number of aromatic amines is 1. The third kappa shape index (κ3) is 2.62. The van der Waals surface area contributed by atoms with Crippen LogP contribution in [0, 0.1) is 0 Å². The summed E-state index contributed by atoms with van der Waals surface area (Å²) in [4.78, 5) is 24.4. The average Bonchev–Trinajstić information content (AvgIpc) is 3.14. The molecule has 8 nitrogen and oxygen atoms in total. The Hall–Kier alpha value is -2.58. The number of piperazine rings is 1. The number of H-pyrrole nitrogens is 1. The molecular weight excluding hydrogens is 293 g/mol. The Morgan fingerprint density at radius 2 is 2.13 bits per heavy atom. The van der Waals surface area contributed by atoms with Crippen molar-refractivity contribution in [3.8, 4) is 0 Å². The molecule has 2 N–H and O–H groups in total. The topological polar surface area (TPSA) is 90.0 Å². The maximum absolute atomic E-state index is 11.6. The SMILES string of the molecule is [B]C(=O)N1C2CC[C@@H]1CN(c1ccnc(Nc3cn[nH]c3)n1)C2. The van der Waals surface area contributed by atoms with Gasteiger partial charge in [0.25, 0.3) is 0 Å². The lowest BCUT2D eigenvalue weighted by Crippen LogP contribution is -2.55. The summed E-state index contributed by atoms with van der Waals surface area (Å²) in [5.41, 5.74) is 0.806. The van der Waals surface area contributed by atoms with Gasteiger partial charge in [-0.25, -0.2) is 4.98 Å². The molecule has 4 rings (SSSR count). The quantitative estimate of drug-likeness (QED) is 0.818. The van der Waals surface area contributed by atoms with Crippen LogP contribution < -0.4 is 10.2 Å². The van der Waals surface area contributed by atoms with Crippen LogP contribution in [0.2, 0.25) is 0 Å². The Balaban J connectivity index is 1.52. The number of amides is 1. The van der Waals surface area contributed by atoms with Crippen molar-refractivity contribution in [1.82, 2.24) is 25.1 Å². The lowest BCUT2D eigenvalue weighted by atomic mass is 10.0. The van der Waals surface area contributed by atoms with E-state index >= 15 is 0 Å². The second-order valence-corrected chi connectivity index (χ2v) is 5.89. The second kappa shape index (κ2) is 5.56. The van der Waals surface area contributed by atoms with Crippen LogP contribution in [0.15, 0.2) is 24.7 Å². The first-order valence-electron chi connectivity index (χ1n) is 7.62. The van der Waals surface area contributed by atoms with E-state index in [1.807, 2.05) is 11.0 Å². The summed E-state index contributed by atoms with van der Waals surface area (Å²) in [6, 6.07) is 2.23. The highest BCUT2D eigenvalue weighted by molar-refractivity contribution is 6.57. The predicted molar refractivity (Wildman–Crippen MR) is 85.9 cm³/mol. The molecule has 0 aliphatic carbocycles. The average molecular weight is 309 g/mol. The molecule has 2 aliphatic heterocycles. The van der Waals surface area contributed by atoms with Crippen LogP contribution in [-0.2, 0) is 0 Å². The monoisotopic (exact) mass is 309 g/mol. The first-order valence-corrected chi connectivity index (χ1v) is 7.62. The van der Waals surface area contributed by atoms with Gasteiger partial charge in [0.05, 0.1) is 11.9 Å². The summed E-state index contributed by atoms with van der Waals surface area (Å²) in [6.45, 7) is 1.50. The van der Waals surface area contributed by atoms with Crippen molar-refractivity contribution in [3.63, 3.8) is 0 Å². The zero-order valence-electron chi connectivity index (χ0n) is 12.5. The van der Waals surface area contributed by atoms with Gasteiger partial charge in [-0.2, -0.15) is 10.1 Å². The van der Waals surface area contributed by atoms with Crippen molar-refractivity contribution in [2.45, 2.75) is 24.9 Å². The van der Waals surface area contributed by atoms with Crippen LogP contribution in [0.3, 0.4) is 0 Å². The van der Waals surface area contributed by atoms with Crippen molar-refractivity contribution in [3.05, 3.63) is 24.7 Å². The molecule has 1 unspecified atom stereocenters. The van der Waals surface area contributed by atoms with E-state index in [2.05, 4.69) is 30.4 Å². The van der Waals surface area contributed by atoms with Crippen LogP contribution >= 0.6 is 0 Å². The third-order valence-corrected chi connectivity index (χ3v) is 4.46. The Bertz CT molecular complexity index is 693. The molecular formula is C14H16BN7O. The number of carbonyl (C=O) groups is 1. The summed E-state index contributed by atoms with van der Waals surface area (Å²) in [5, 5.41) is 9.72. The number of hydrogen-bond donors (Lipinski definition) is 2. The zero-order valence-corrected chi connectivity index (χ0v) is 12.5. The number of nitrogens with one attached hydrogen (secondary N) is 2. The normalized spacial score (nSPS) is 23.1. The number of aromatic nitrogens is 4. The Morgan fingerprint density at radius 1 is 1.35 bits per heavy atom. The fourth-order valence-electron chi connectivity index (χ4n) is 3.48. The Labute approximate surface area is 134 Å². The van der Waals surface area contributed by atoms with Gasteiger partial charge in [0, 0.05) is 37.6 Å². The largest absolute Gasteiger partial charge is 0.352 e. The Kier molecular flexibility index (Phi) is 3.40. The van der Waals surface area contributed by atoms with Gasteiger partial charge in [0.1, 0.15) is 5.82 Å². The van der Waals surface area contributed by atoms with Gasteiger partial charge < -0.3 is 15.1 Å². The molecule has 116 valence electrons. The molecule has 0 aromatic carbocycles. The molecule has 1 amide bonds. The number of rotatable bonds is 3. The molecule has 2 aromatic heterocycles. The van der Waals surface area contributed by atoms with Gasteiger partial charge in [-0.15, -0.1) is 0 Å². The maximum Gasteiger partial charge on any atom is 0.229 e. The molecule has 2 atom stereocenters. The molecule has 2 fully saturated rings. The van der Waals surface area contributed by atoms with Crippen molar-refractivity contribution in [2.24, 2.45) is 0 Å². The predicted octanol–water partition coefficient (Wildman–Crippen LogP) is 0.885. The highest BCUT2D eigenvalue weighted by Gasteiger charge is 2.41. The Morgan fingerprint density at radius 3 is 2.78 bits per heavy atom. The van der Waals surface area contributed by atoms with Gasteiger partial charge in [-0.05, 0) is 18.9 Å². The molecule has 2 aliphatic rings. The summed E-state index contributed by atoms with van der Waals surface area (Å²) >= 11 is 0. The minimum Gasteiger partial charge on any atom is -0.352 e. The van der Waals surface area contributed by atoms with Crippen LogP contribution in [0.5, 0.6) is 0 Å². The highest BCUT2D eigenvalue weighted by atomic mass is 16.2. The summed E-state index contributed by atoms with van der Waals surface area (Å²) in [5.74, 6) is 1.06. The number of hydrogen-bond acceptors (Lipinski definition) is 6. The minimum absolute atomic E-state index is 0.173. The molecule has 2 aromatic rings. The first-order chi connectivity index (χ1) is 11.2. The van der Waals surface area contributed by atoms with Gasteiger partial charge >= 0.3 is 0 Å². The van der Waals surface area contributed by atoms with E-state index in [1.54, 1.807) is 18.6 Å².